The van der Waals surface area contributed by atoms with Gasteiger partial charge in [-0.15, -0.1) is 0 Å². The lowest BCUT2D eigenvalue weighted by Gasteiger charge is -2.28. The van der Waals surface area contributed by atoms with Crippen LogP contribution in [-0.2, 0) is 22.8 Å². The number of ether oxygens (including phenoxy) is 4. The number of amides is 1. The van der Waals surface area contributed by atoms with E-state index in [0.29, 0.717) is 80.7 Å². The van der Waals surface area contributed by atoms with E-state index in [9.17, 15) is 19.5 Å². The third-order valence-electron chi connectivity index (χ3n) is 6.93. The van der Waals surface area contributed by atoms with E-state index >= 15 is 0 Å². The van der Waals surface area contributed by atoms with E-state index in [1.807, 2.05) is 20.8 Å². The van der Waals surface area contributed by atoms with E-state index in [-0.39, 0.29) is 17.9 Å². The van der Waals surface area contributed by atoms with E-state index < -0.39 is 26.8 Å². The summed E-state index contributed by atoms with van der Waals surface area (Å²) < 4.78 is 38.7. The van der Waals surface area contributed by atoms with E-state index in [2.05, 4.69) is 5.32 Å². The Morgan fingerprint density at radius 3 is 2.06 bits per heavy atom. The highest BCUT2D eigenvalue weighted by Crippen LogP contribution is 2.30. The number of alkyl carbamates (subject to hydrolysis) is 1. The molecule has 13 heteroatoms. The normalized spacial score (nSPS) is 11.6. The van der Waals surface area contributed by atoms with Crippen molar-refractivity contribution < 1.29 is 51.7 Å². The third kappa shape index (κ3) is 14.2. The molecule has 260 valence electrons. The number of carbonyl (C=O) groups is 3. The topological polar surface area (TPSA) is 148 Å². The lowest BCUT2D eigenvalue weighted by molar-refractivity contribution is -0.132. The Morgan fingerprint density at radius 2 is 1.47 bits per heavy atom. The van der Waals surface area contributed by atoms with Crippen molar-refractivity contribution in [1.29, 1.82) is 0 Å². The van der Waals surface area contributed by atoms with E-state index in [0.717, 1.165) is 12.8 Å². The first kappa shape index (κ1) is 39.3. The predicted molar refractivity (Wildman–Crippen MR) is 179 cm³/mol. The van der Waals surface area contributed by atoms with Crippen LogP contribution >= 0.6 is 0 Å². The summed E-state index contributed by atoms with van der Waals surface area (Å²) in [6.45, 7) is 7.94. The highest BCUT2D eigenvalue weighted by Gasteiger charge is 2.39. The molecule has 1 amide bonds. The van der Waals surface area contributed by atoms with Crippen LogP contribution in [-0.4, -0.2) is 79.1 Å². The first-order chi connectivity index (χ1) is 22.7. The van der Waals surface area contributed by atoms with Gasteiger partial charge in [-0.25, -0.2) is 14.4 Å². The molecule has 0 atom stereocenters. The molecule has 0 aliphatic heterocycles. The molecule has 0 heterocycles. The molecule has 2 rings (SSSR count). The van der Waals surface area contributed by atoms with Crippen molar-refractivity contribution in [2.45, 2.75) is 65.3 Å². The molecule has 0 saturated carbocycles. The number of carboxylic acid groups (broad SMARTS) is 1. The maximum Gasteiger partial charge on any atom is 0.500 e. The minimum Gasteiger partial charge on any atom is -0.497 e. The molecule has 12 nitrogen and oxygen atoms in total. The Morgan fingerprint density at radius 1 is 0.809 bits per heavy atom. The molecule has 0 aliphatic carbocycles. The number of carboxylic acids is 1. The van der Waals surface area contributed by atoms with Gasteiger partial charge in [-0.1, -0.05) is 18.9 Å². The zero-order valence-electron chi connectivity index (χ0n) is 28.1. The van der Waals surface area contributed by atoms with Crippen LogP contribution in [0.3, 0.4) is 0 Å². The van der Waals surface area contributed by atoms with Crippen LogP contribution in [0.4, 0.5) is 4.79 Å². The molecule has 0 aromatic heterocycles. The molecular formula is C34H49NO11Si. The summed E-state index contributed by atoms with van der Waals surface area (Å²) in [4.78, 5) is 36.5. The molecule has 0 spiro atoms. The lowest BCUT2D eigenvalue weighted by Crippen LogP contribution is -2.46. The Labute approximate surface area is 278 Å². The van der Waals surface area contributed by atoms with Crippen molar-refractivity contribution in [2.24, 2.45) is 0 Å². The van der Waals surface area contributed by atoms with Crippen molar-refractivity contribution in [3.05, 3.63) is 59.2 Å². The Kier molecular flexibility index (Phi) is 18.2. The molecule has 0 unspecified atom stereocenters. The van der Waals surface area contributed by atoms with Gasteiger partial charge in [0, 0.05) is 38.0 Å². The largest absolute Gasteiger partial charge is 0.500 e. The summed E-state index contributed by atoms with van der Waals surface area (Å²) in [6.07, 6.45) is 5.00. The van der Waals surface area contributed by atoms with Gasteiger partial charge in [0.05, 0.1) is 26.4 Å². The van der Waals surface area contributed by atoms with Gasteiger partial charge >= 0.3 is 26.8 Å². The molecule has 2 N–H and O–H groups in total. The number of carbonyl (C=O) groups excluding carboxylic acids is 2. The first-order valence-corrected chi connectivity index (χ1v) is 17.9. The van der Waals surface area contributed by atoms with Crippen molar-refractivity contribution in [1.82, 2.24) is 5.32 Å². The predicted octanol–water partition coefficient (Wildman–Crippen LogP) is 6.51. The van der Waals surface area contributed by atoms with E-state index in [1.54, 1.807) is 48.5 Å². The second-order valence-electron chi connectivity index (χ2n) is 10.3. The smallest absolute Gasteiger partial charge is 0.497 e. The summed E-state index contributed by atoms with van der Waals surface area (Å²) in [5, 5.41) is 12.5. The molecule has 0 saturated heterocycles. The maximum atomic E-state index is 12.6. The van der Waals surface area contributed by atoms with Gasteiger partial charge in [-0.2, -0.15) is 0 Å². The number of hydrogen-bond acceptors (Lipinski definition) is 10. The number of unbranched alkanes of at least 4 members (excludes halogenated alkanes) is 3. The molecule has 2 aromatic carbocycles. The molecule has 0 radical (unpaired) electrons. The average Bonchev–Trinajstić information content (AvgIpc) is 3.06. The minimum atomic E-state index is -2.73. The fourth-order valence-corrected chi connectivity index (χ4v) is 7.28. The highest BCUT2D eigenvalue weighted by molar-refractivity contribution is 6.60. The number of esters is 1. The number of methoxy groups -OCH3 is 2. The third-order valence-corrected chi connectivity index (χ3v) is 10.1. The van der Waals surface area contributed by atoms with Crippen molar-refractivity contribution in [3.8, 4) is 17.2 Å². The monoisotopic (exact) mass is 675 g/mol. The first-order valence-electron chi connectivity index (χ1n) is 16.0. The molecule has 0 bridgehead atoms. The quantitative estimate of drug-likeness (QED) is 0.0437. The van der Waals surface area contributed by atoms with Crippen LogP contribution in [0.25, 0.3) is 6.08 Å². The van der Waals surface area contributed by atoms with Crippen LogP contribution in [0.2, 0.25) is 6.04 Å². The molecular weight excluding hydrogens is 626 g/mol. The number of benzene rings is 2. The highest BCUT2D eigenvalue weighted by atomic mass is 28.4. The van der Waals surface area contributed by atoms with Gasteiger partial charge in [0.2, 0.25) is 0 Å². The molecule has 0 aliphatic rings. The second kappa shape index (κ2) is 21.8. The Hall–Kier alpha value is -3.91. The second-order valence-corrected chi connectivity index (χ2v) is 13.0. The van der Waals surface area contributed by atoms with Crippen LogP contribution in [0.5, 0.6) is 17.2 Å². The lowest BCUT2D eigenvalue weighted by atomic mass is 10.0. The Balaban J connectivity index is 1.75. The maximum absolute atomic E-state index is 12.6. The van der Waals surface area contributed by atoms with Crippen molar-refractivity contribution in [2.75, 3.05) is 47.2 Å². The molecule has 47 heavy (non-hydrogen) atoms. The number of rotatable bonds is 23. The van der Waals surface area contributed by atoms with Crippen molar-refractivity contribution in [3.63, 3.8) is 0 Å². The fourth-order valence-electron chi connectivity index (χ4n) is 4.67. The number of aliphatic carboxylic acids is 1. The van der Waals surface area contributed by atoms with E-state index in [1.165, 1.54) is 14.2 Å². The van der Waals surface area contributed by atoms with Crippen LogP contribution < -0.4 is 19.5 Å². The number of hydrogen-bond donors (Lipinski definition) is 2. The standard InChI is InChI=1S/C34H49NO11Si/c1-6-43-47(44-7-2,45-8-3)23-13-21-35-34(39)42-22-12-10-9-11-14-28(32(36)37)24-26-15-20-30(31(25-26)41-5)46-33(38)27-16-18-29(40-4)19-17-27/h15-20,24-25H,6-14,21-23H2,1-5H3,(H,35,39)(H,36,37)/b28-24+. The zero-order chi connectivity index (χ0) is 34.5. The van der Waals surface area contributed by atoms with Gasteiger partial charge in [-0.05, 0) is 94.5 Å². The van der Waals surface area contributed by atoms with Gasteiger partial charge in [0.25, 0.3) is 0 Å². The fraction of sp³-hybridized carbons (Fsp3) is 0.500. The summed E-state index contributed by atoms with van der Waals surface area (Å²) in [6, 6.07) is 12.0. The summed E-state index contributed by atoms with van der Waals surface area (Å²) in [5.41, 5.74) is 1.19. The summed E-state index contributed by atoms with van der Waals surface area (Å²) in [5.74, 6) is -0.443. The molecule has 0 fully saturated rings. The van der Waals surface area contributed by atoms with Gasteiger partial charge in [0.15, 0.2) is 11.5 Å². The average molecular weight is 676 g/mol. The van der Waals surface area contributed by atoms with Crippen molar-refractivity contribution >= 4 is 32.9 Å². The van der Waals surface area contributed by atoms with Crippen LogP contribution in [0, 0.1) is 0 Å². The van der Waals surface area contributed by atoms with Gasteiger partial charge in [0.1, 0.15) is 5.75 Å². The Bertz CT molecular complexity index is 1270. The summed E-state index contributed by atoms with van der Waals surface area (Å²) in [7, 11) is 0.252. The number of nitrogens with one attached hydrogen (secondary N) is 1. The van der Waals surface area contributed by atoms with Gasteiger partial charge in [-0.3, -0.25) is 0 Å². The van der Waals surface area contributed by atoms with Gasteiger partial charge < -0.3 is 42.6 Å². The van der Waals surface area contributed by atoms with E-state index in [4.69, 9.17) is 32.2 Å². The summed E-state index contributed by atoms with van der Waals surface area (Å²) >= 11 is 0. The SMILES string of the molecule is CCO[Si](CCCNC(=O)OCCCCCC/C(=C\c1ccc(OC(=O)c2ccc(OC)cc2)c(OC)c1)C(=O)O)(OCC)OCC. The molecule has 2 aromatic rings. The van der Waals surface area contributed by atoms with Crippen LogP contribution in [0.15, 0.2) is 48.0 Å². The zero-order valence-corrected chi connectivity index (χ0v) is 29.1. The van der Waals surface area contributed by atoms with Crippen LogP contribution in [0.1, 0.15) is 75.2 Å². The minimum absolute atomic E-state index is 0.214.